The van der Waals surface area contributed by atoms with Crippen LogP contribution in [0.5, 0.6) is 5.75 Å². The van der Waals surface area contributed by atoms with Crippen molar-refractivity contribution in [1.82, 2.24) is 0 Å². The molecule has 0 heterocycles. The second kappa shape index (κ2) is 8.95. The highest BCUT2D eigenvalue weighted by atomic mass is 35.5. The highest BCUT2D eigenvalue weighted by Gasteiger charge is 2.15. The molecule has 0 radical (unpaired) electrons. The molecule has 0 fully saturated rings. The van der Waals surface area contributed by atoms with Crippen molar-refractivity contribution >= 4 is 29.2 Å². The van der Waals surface area contributed by atoms with Crippen molar-refractivity contribution in [2.75, 3.05) is 6.61 Å². The molecule has 0 aliphatic rings. The van der Waals surface area contributed by atoms with E-state index in [4.69, 9.17) is 32.7 Å². The summed E-state index contributed by atoms with van der Waals surface area (Å²) in [6.45, 7) is 4.04. The second-order valence-corrected chi connectivity index (χ2v) is 6.33. The Kier molecular flexibility index (Phi) is 6.95. The molecule has 0 aliphatic carbocycles. The van der Waals surface area contributed by atoms with Crippen LogP contribution in [0.4, 0.5) is 0 Å². The Morgan fingerprint density at radius 2 is 1.83 bits per heavy atom. The van der Waals surface area contributed by atoms with E-state index in [1.54, 1.807) is 13.0 Å². The lowest BCUT2D eigenvalue weighted by molar-refractivity contribution is -0.151. The van der Waals surface area contributed by atoms with Gasteiger partial charge >= 0.3 is 5.97 Å². The van der Waals surface area contributed by atoms with E-state index in [-0.39, 0.29) is 5.97 Å². The van der Waals surface area contributed by atoms with Crippen LogP contribution in [0, 0.1) is 0 Å². The largest absolute Gasteiger partial charge is 0.479 e. The first kappa shape index (κ1) is 18.6. The fourth-order valence-corrected chi connectivity index (χ4v) is 2.62. The third-order valence-electron chi connectivity index (χ3n) is 3.43. The average Bonchev–Trinajstić information content (AvgIpc) is 2.56. The molecule has 0 bridgehead atoms. The standard InChI is InChI=1S/C19H20Cl2O3/c1-3-10-23-19(22)13(2)24-17-8-4-14(5-9-17)11-15-6-7-16(20)12-18(15)21/h4-9,12-13H,3,10-11H2,1-2H3. The van der Waals surface area contributed by atoms with E-state index in [1.165, 1.54) is 0 Å². The van der Waals surface area contributed by atoms with Crippen LogP contribution in [0.15, 0.2) is 42.5 Å². The second-order valence-electron chi connectivity index (χ2n) is 5.48. The zero-order valence-electron chi connectivity index (χ0n) is 13.7. The molecule has 3 nitrogen and oxygen atoms in total. The van der Waals surface area contributed by atoms with Gasteiger partial charge in [-0.1, -0.05) is 48.3 Å². The van der Waals surface area contributed by atoms with Gasteiger partial charge in [0, 0.05) is 10.0 Å². The van der Waals surface area contributed by atoms with Gasteiger partial charge in [-0.05, 0) is 55.2 Å². The zero-order valence-corrected chi connectivity index (χ0v) is 15.2. The third kappa shape index (κ3) is 5.43. The first-order valence-electron chi connectivity index (χ1n) is 7.85. The van der Waals surface area contributed by atoms with Crippen molar-refractivity contribution in [3.63, 3.8) is 0 Å². The van der Waals surface area contributed by atoms with Crippen LogP contribution < -0.4 is 4.74 Å². The van der Waals surface area contributed by atoms with Crippen molar-refractivity contribution < 1.29 is 14.3 Å². The first-order valence-corrected chi connectivity index (χ1v) is 8.61. The Labute approximate surface area is 152 Å². The lowest BCUT2D eigenvalue weighted by Gasteiger charge is -2.14. The third-order valence-corrected chi connectivity index (χ3v) is 4.01. The molecule has 0 amide bonds. The molecule has 0 saturated carbocycles. The highest BCUT2D eigenvalue weighted by Crippen LogP contribution is 2.24. The number of carbonyl (C=O) groups excluding carboxylic acids is 1. The van der Waals surface area contributed by atoms with Gasteiger partial charge in [0.1, 0.15) is 5.75 Å². The maximum absolute atomic E-state index is 11.7. The van der Waals surface area contributed by atoms with Crippen LogP contribution >= 0.6 is 23.2 Å². The molecule has 1 atom stereocenters. The van der Waals surface area contributed by atoms with E-state index in [9.17, 15) is 4.79 Å². The molecule has 0 saturated heterocycles. The minimum absolute atomic E-state index is 0.353. The fourth-order valence-electron chi connectivity index (χ4n) is 2.14. The quantitative estimate of drug-likeness (QED) is 0.623. The molecule has 128 valence electrons. The zero-order chi connectivity index (χ0) is 17.5. The highest BCUT2D eigenvalue weighted by molar-refractivity contribution is 6.35. The van der Waals surface area contributed by atoms with Gasteiger partial charge in [-0.15, -0.1) is 0 Å². The summed E-state index contributed by atoms with van der Waals surface area (Å²) in [5.41, 5.74) is 2.10. The van der Waals surface area contributed by atoms with Crippen LogP contribution in [0.3, 0.4) is 0 Å². The SMILES string of the molecule is CCCOC(=O)C(C)Oc1ccc(Cc2ccc(Cl)cc2Cl)cc1. The van der Waals surface area contributed by atoms with Crippen LogP contribution in [0.25, 0.3) is 0 Å². The van der Waals surface area contributed by atoms with Gasteiger partial charge in [0.25, 0.3) is 0 Å². The molecule has 5 heteroatoms. The number of rotatable bonds is 7. The summed E-state index contributed by atoms with van der Waals surface area (Å²) in [6, 6.07) is 13.0. The number of hydrogen-bond donors (Lipinski definition) is 0. The minimum atomic E-state index is -0.631. The predicted molar refractivity (Wildman–Crippen MR) is 97.1 cm³/mol. The van der Waals surface area contributed by atoms with E-state index >= 15 is 0 Å². The van der Waals surface area contributed by atoms with Crippen LogP contribution in [0.1, 0.15) is 31.4 Å². The Morgan fingerprint density at radius 3 is 2.46 bits per heavy atom. The molecule has 0 spiro atoms. The molecule has 2 aromatic rings. The Balaban J connectivity index is 1.96. The van der Waals surface area contributed by atoms with E-state index in [2.05, 4.69) is 0 Å². The van der Waals surface area contributed by atoms with Crippen molar-refractivity contribution in [3.05, 3.63) is 63.6 Å². The number of benzene rings is 2. The Morgan fingerprint density at radius 1 is 1.12 bits per heavy atom. The van der Waals surface area contributed by atoms with Crippen molar-refractivity contribution in [2.24, 2.45) is 0 Å². The number of ether oxygens (including phenoxy) is 2. The van der Waals surface area contributed by atoms with Crippen molar-refractivity contribution in [2.45, 2.75) is 32.8 Å². The fraction of sp³-hybridized carbons (Fsp3) is 0.316. The lowest BCUT2D eigenvalue weighted by atomic mass is 10.0. The van der Waals surface area contributed by atoms with Gasteiger partial charge in [0.05, 0.1) is 6.61 Å². The van der Waals surface area contributed by atoms with Crippen LogP contribution in [-0.2, 0) is 16.0 Å². The maximum Gasteiger partial charge on any atom is 0.347 e. The summed E-state index contributed by atoms with van der Waals surface area (Å²) in [5.74, 6) is 0.274. The van der Waals surface area contributed by atoms with Gasteiger partial charge in [0.2, 0.25) is 0 Å². The minimum Gasteiger partial charge on any atom is -0.479 e. The average molecular weight is 367 g/mol. The normalized spacial score (nSPS) is 11.8. The molecule has 0 N–H and O–H groups in total. The van der Waals surface area contributed by atoms with Crippen LogP contribution in [0.2, 0.25) is 10.0 Å². The number of halogens is 2. The van der Waals surface area contributed by atoms with E-state index in [0.717, 1.165) is 17.5 Å². The van der Waals surface area contributed by atoms with Crippen molar-refractivity contribution in [3.8, 4) is 5.75 Å². The topological polar surface area (TPSA) is 35.5 Å². The number of hydrogen-bond acceptors (Lipinski definition) is 3. The maximum atomic E-state index is 11.7. The predicted octanol–water partition coefficient (Wildman–Crippen LogP) is 5.30. The molecular formula is C19H20Cl2O3. The summed E-state index contributed by atoms with van der Waals surface area (Å²) in [7, 11) is 0. The number of carbonyl (C=O) groups is 1. The molecule has 0 aromatic heterocycles. The number of esters is 1. The molecule has 1 unspecified atom stereocenters. The first-order chi connectivity index (χ1) is 11.5. The van der Waals surface area contributed by atoms with Gasteiger partial charge in [-0.25, -0.2) is 4.79 Å². The van der Waals surface area contributed by atoms with Gasteiger partial charge in [0.15, 0.2) is 6.10 Å². The smallest absolute Gasteiger partial charge is 0.347 e. The summed E-state index contributed by atoms with van der Waals surface area (Å²) >= 11 is 12.1. The van der Waals surface area contributed by atoms with Gasteiger partial charge in [-0.2, -0.15) is 0 Å². The van der Waals surface area contributed by atoms with E-state index < -0.39 is 6.10 Å². The monoisotopic (exact) mass is 366 g/mol. The molecule has 2 aromatic carbocycles. The summed E-state index contributed by atoms with van der Waals surface area (Å²) in [5, 5.41) is 1.27. The molecule has 2 rings (SSSR count). The van der Waals surface area contributed by atoms with E-state index in [0.29, 0.717) is 28.8 Å². The van der Waals surface area contributed by atoms with Gasteiger partial charge in [-0.3, -0.25) is 0 Å². The summed E-state index contributed by atoms with van der Waals surface area (Å²) < 4.78 is 10.7. The summed E-state index contributed by atoms with van der Waals surface area (Å²) in [4.78, 5) is 11.7. The van der Waals surface area contributed by atoms with Gasteiger partial charge < -0.3 is 9.47 Å². The molecule has 0 aliphatic heterocycles. The Bertz CT molecular complexity index is 684. The molecule has 24 heavy (non-hydrogen) atoms. The van der Waals surface area contributed by atoms with Crippen molar-refractivity contribution in [1.29, 1.82) is 0 Å². The Hall–Kier alpha value is -1.71. The summed E-state index contributed by atoms with van der Waals surface area (Å²) in [6.07, 6.45) is 0.859. The lowest BCUT2D eigenvalue weighted by Crippen LogP contribution is -2.26. The van der Waals surface area contributed by atoms with Crippen LogP contribution in [-0.4, -0.2) is 18.7 Å². The van der Waals surface area contributed by atoms with E-state index in [1.807, 2.05) is 43.3 Å². The molecular weight excluding hydrogens is 347 g/mol.